The summed E-state index contributed by atoms with van der Waals surface area (Å²) in [4.78, 5) is 15.4. The average molecular weight is 469 g/mol. The molecule has 5 nitrogen and oxygen atoms in total. The van der Waals surface area contributed by atoms with Crippen LogP contribution >= 0.6 is 0 Å². The molecule has 0 atom stereocenters. The first-order valence-corrected chi connectivity index (χ1v) is 11.3. The van der Waals surface area contributed by atoms with Gasteiger partial charge in [-0.05, 0) is 68.7 Å². The minimum absolute atomic E-state index is 0.170. The molecule has 0 saturated carbocycles. The summed E-state index contributed by atoms with van der Waals surface area (Å²) < 4.78 is 41.7. The topological polar surface area (TPSA) is 43.7 Å². The van der Waals surface area contributed by atoms with Gasteiger partial charge >= 0.3 is 6.09 Å². The highest BCUT2D eigenvalue weighted by Gasteiger charge is 2.31. The SMILES string of the molecule is COCc1ccc(N2CCc3c(cc(-c4c(F)cccc4F)n3C(=O)OC(C)(C)C)C2)c(C)c1. The van der Waals surface area contributed by atoms with Crippen LogP contribution in [0.4, 0.5) is 19.3 Å². The molecule has 34 heavy (non-hydrogen) atoms. The number of rotatable bonds is 4. The van der Waals surface area contributed by atoms with Crippen molar-refractivity contribution in [1.82, 2.24) is 4.57 Å². The third kappa shape index (κ3) is 4.71. The summed E-state index contributed by atoms with van der Waals surface area (Å²) in [7, 11) is 1.67. The normalized spacial score (nSPS) is 13.7. The Bertz CT molecular complexity index is 1210. The van der Waals surface area contributed by atoms with Gasteiger partial charge < -0.3 is 14.4 Å². The lowest BCUT2D eigenvalue weighted by Gasteiger charge is -2.31. The summed E-state index contributed by atoms with van der Waals surface area (Å²) in [6, 6.07) is 11.6. The molecule has 0 bridgehead atoms. The monoisotopic (exact) mass is 468 g/mol. The molecular formula is C27H30F2N2O3. The number of fused-ring (bicyclic) bond motifs is 1. The van der Waals surface area contributed by atoms with Crippen molar-refractivity contribution in [3.05, 3.63) is 76.5 Å². The van der Waals surface area contributed by atoms with Crippen LogP contribution in [0.25, 0.3) is 11.3 Å². The van der Waals surface area contributed by atoms with E-state index in [1.165, 1.54) is 22.8 Å². The molecule has 0 saturated heterocycles. The molecule has 0 amide bonds. The Balaban J connectivity index is 1.77. The van der Waals surface area contributed by atoms with Crippen molar-refractivity contribution in [2.45, 2.75) is 52.9 Å². The van der Waals surface area contributed by atoms with E-state index >= 15 is 0 Å². The molecule has 1 aromatic heterocycles. The number of benzene rings is 2. The molecule has 2 heterocycles. The first-order chi connectivity index (χ1) is 16.1. The van der Waals surface area contributed by atoms with Crippen molar-refractivity contribution in [2.75, 3.05) is 18.6 Å². The molecule has 2 aromatic carbocycles. The van der Waals surface area contributed by atoms with Crippen molar-refractivity contribution in [1.29, 1.82) is 0 Å². The number of halogens is 2. The molecule has 180 valence electrons. The van der Waals surface area contributed by atoms with Crippen molar-refractivity contribution >= 4 is 11.8 Å². The van der Waals surface area contributed by atoms with Gasteiger partial charge in [0.1, 0.15) is 17.2 Å². The van der Waals surface area contributed by atoms with E-state index in [0.717, 1.165) is 28.1 Å². The van der Waals surface area contributed by atoms with Crippen LogP contribution in [0, 0.1) is 18.6 Å². The lowest BCUT2D eigenvalue weighted by atomic mass is 10.0. The van der Waals surface area contributed by atoms with Gasteiger partial charge in [-0.1, -0.05) is 18.2 Å². The van der Waals surface area contributed by atoms with Crippen LogP contribution in [-0.4, -0.2) is 29.9 Å². The Morgan fingerprint density at radius 3 is 2.41 bits per heavy atom. The van der Waals surface area contributed by atoms with E-state index in [0.29, 0.717) is 26.1 Å². The summed E-state index contributed by atoms with van der Waals surface area (Å²) in [5.74, 6) is -1.44. The first-order valence-electron chi connectivity index (χ1n) is 11.3. The molecule has 0 aliphatic carbocycles. The quantitative estimate of drug-likeness (QED) is 0.455. The fourth-order valence-corrected chi connectivity index (χ4v) is 4.51. The summed E-state index contributed by atoms with van der Waals surface area (Å²) in [6.07, 6.45) is -0.107. The number of ether oxygens (including phenoxy) is 2. The third-order valence-corrected chi connectivity index (χ3v) is 5.88. The predicted octanol–water partition coefficient (Wildman–Crippen LogP) is 6.23. The zero-order valence-electron chi connectivity index (χ0n) is 20.2. The predicted molar refractivity (Wildman–Crippen MR) is 128 cm³/mol. The van der Waals surface area contributed by atoms with Gasteiger partial charge in [-0.2, -0.15) is 0 Å². The molecule has 1 aliphatic rings. The summed E-state index contributed by atoms with van der Waals surface area (Å²) >= 11 is 0. The second kappa shape index (κ2) is 9.22. The molecular weight excluding hydrogens is 438 g/mol. The standard InChI is InChI=1S/C27H30F2N2O3/c1-17-13-18(16-33-5)9-10-22(17)30-12-11-23-19(15-30)14-24(25-20(28)7-6-8-21(25)29)31(23)26(32)34-27(2,3)4/h6-10,13-14H,11-12,15-16H2,1-5H3. The highest BCUT2D eigenvalue weighted by atomic mass is 19.1. The fourth-order valence-electron chi connectivity index (χ4n) is 4.51. The third-order valence-electron chi connectivity index (χ3n) is 5.88. The molecule has 7 heteroatoms. The summed E-state index contributed by atoms with van der Waals surface area (Å²) in [6.45, 7) is 9.06. The van der Waals surface area contributed by atoms with Crippen LogP contribution in [0.5, 0.6) is 0 Å². The number of nitrogens with zero attached hydrogens (tertiary/aromatic N) is 2. The lowest BCUT2D eigenvalue weighted by molar-refractivity contribution is 0.0535. The van der Waals surface area contributed by atoms with Crippen LogP contribution in [-0.2, 0) is 29.0 Å². The van der Waals surface area contributed by atoms with E-state index in [9.17, 15) is 13.6 Å². The smallest absolute Gasteiger partial charge is 0.419 e. The van der Waals surface area contributed by atoms with E-state index < -0.39 is 23.3 Å². The second-order valence-electron chi connectivity index (χ2n) is 9.64. The van der Waals surface area contributed by atoms with Gasteiger partial charge in [-0.25, -0.2) is 18.1 Å². The van der Waals surface area contributed by atoms with Gasteiger partial charge in [0.25, 0.3) is 0 Å². The summed E-state index contributed by atoms with van der Waals surface area (Å²) in [5.41, 5.74) is 4.04. The van der Waals surface area contributed by atoms with E-state index in [-0.39, 0.29) is 11.3 Å². The van der Waals surface area contributed by atoms with Gasteiger partial charge in [-0.3, -0.25) is 0 Å². The van der Waals surface area contributed by atoms with E-state index in [1.54, 1.807) is 33.9 Å². The fraction of sp³-hybridized carbons (Fsp3) is 0.370. The van der Waals surface area contributed by atoms with Crippen molar-refractivity contribution in [3.8, 4) is 11.3 Å². The van der Waals surface area contributed by atoms with Crippen molar-refractivity contribution in [3.63, 3.8) is 0 Å². The van der Waals surface area contributed by atoms with Gasteiger partial charge in [-0.15, -0.1) is 0 Å². The van der Waals surface area contributed by atoms with Crippen molar-refractivity contribution < 1.29 is 23.0 Å². The minimum Gasteiger partial charge on any atom is -0.443 e. The Morgan fingerprint density at radius 2 is 1.79 bits per heavy atom. The highest BCUT2D eigenvalue weighted by molar-refractivity contribution is 5.81. The Labute approximate surface area is 198 Å². The maximum absolute atomic E-state index is 14.8. The molecule has 1 aliphatic heterocycles. The maximum atomic E-state index is 14.8. The number of anilines is 1. The molecule has 0 fully saturated rings. The van der Waals surface area contributed by atoms with Gasteiger partial charge in [0.2, 0.25) is 0 Å². The Kier molecular flexibility index (Phi) is 6.49. The van der Waals surface area contributed by atoms with Gasteiger partial charge in [0, 0.05) is 38.0 Å². The largest absolute Gasteiger partial charge is 0.443 e. The number of carbonyl (C=O) groups is 1. The molecule has 0 unspecified atom stereocenters. The van der Waals surface area contributed by atoms with Crippen LogP contribution in [0.3, 0.4) is 0 Å². The number of aryl methyl sites for hydroxylation is 1. The van der Waals surface area contributed by atoms with Crippen LogP contribution < -0.4 is 4.90 Å². The number of hydrogen-bond donors (Lipinski definition) is 0. The number of methoxy groups -OCH3 is 1. The molecule has 0 N–H and O–H groups in total. The maximum Gasteiger partial charge on any atom is 0.419 e. The van der Waals surface area contributed by atoms with E-state index in [2.05, 4.69) is 24.0 Å². The Morgan fingerprint density at radius 1 is 1.09 bits per heavy atom. The number of hydrogen-bond acceptors (Lipinski definition) is 4. The zero-order valence-corrected chi connectivity index (χ0v) is 20.2. The molecule has 0 radical (unpaired) electrons. The van der Waals surface area contributed by atoms with Gasteiger partial charge in [0.05, 0.1) is 17.9 Å². The lowest BCUT2D eigenvalue weighted by Crippen LogP contribution is -2.34. The minimum atomic E-state index is -0.749. The zero-order chi connectivity index (χ0) is 24.6. The molecule has 4 rings (SSSR count). The molecule has 0 spiro atoms. The van der Waals surface area contributed by atoms with Gasteiger partial charge in [0.15, 0.2) is 0 Å². The Hall–Kier alpha value is -3.19. The van der Waals surface area contributed by atoms with Crippen LogP contribution in [0.15, 0.2) is 42.5 Å². The van der Waals surface area contributed by atoms with E-state index in [1.807, 2.05) is 6.07 Å². The van der Waals surface area contributed by atoms with Crippen LogP contribution in [0.2, 0.25) is 0 Å². The average Bonchev–Trinajstić information content (AvgIpc) is 3.11. The summed E-state index contributed by atoms with van der Waals surface area (Å²) in [5, 5.41) is 0. The highest BCUT2D eigenvalue weighted by Crippen LogP contribution is 2.35. The second-order valence-corrected chi connectivity index (χ2v) is 9.64. The van der Waals surface area contributed by atoms with E-state index in [4.69, 9.17) is 9.47 Å². The van der Waals surface area contributed by atoms with Crippen molar-refractivity contribution in [2.24, 2.45) is 0 Å². The number of aromatic nitrogens is 1. The molecule has 3 aromatic rings. The van der Waals surface area contributed by atoms with Crippen LogP contribution in [0.1, 0.15) is 43.2 Å². The first kappa shape index (κ1) is 24.0. The number of carbonyl (C=O) groups excluding carboxylic acids is 1.